The van der Waals surface area contributed by atoms with Crippen molar-refractivity contribution >= 4 is 12.1 Å². The van der Waals surface area contributed by atoms with Crippen LogP contribution in [0.1, 0.15) is 42.3 Å². The Morgan fingerprint density at radius 1 is 1.14 bits per heavy atom. The van der Waals surface area contributed by atoms with Crippen LogP contribution in [0.15, 0.2) is 53.6 Å². The van der Waals surface area contributed by atoms with Gasteiger partial charge in [0.15, 0.2) is 0 Å². The van der Waals surface area contributed by atoms with Crippen molar-refractivity contribution in [3.8, 4) is 5.75 Å². The second-order valence-electron chi connectivity index (χ2n) is 6.12. The summed E-state index contributed by atoms with van der Waals surface area (Å²) in [5.41, 5.74) is 5.06. The van der Waals surface area contributed by atoms with Gasteiger partial charge >= 0.3 is 0 Å². The van der Waals surface area contributed by atoms with Gasteiger partial charge in [-0.15, -0.1) is 0 Å². The molecule has 4 heteroatoms. The molecular formula is C18H20N2O2. The molecule has 0 fully saturated rings. The number of carbonyl (C=O) groups excluding carboxylic acids is 1. The predicted octanol–water partition coefficient (Wildman–Crippen LogP) is 3.45. The first-order valence-electron chi connectivity index (χ1n) is 7.09. The quantitative estimate of drug-likeness (QED) is 0.673. The molecule has 114 valence electrons. The summed E-state index contributed by atoms with van der Waals surface area (Å²) in [5, 5.41) is 13.3. The first-order chi connectivity index (χ1) is 10.4. The van der Waals surface area contributed by atoms with Gasteiger partial charge in [-0.1, -0.05) is 51.1 Å². The Hall–Kier alpha value is -2.62. The minimum absolute atomic E-state index is 0.0504. The number of hydrazone groups is 1. The van der Waals surface area contributed by atoms with Crippen LogP contribution in [-0.4, -0.2) is 17.2 Å². The highest BCUT2D eigenvalue weighted by Gasteiger charge is 2.12. The van der Waals surface area contributed by atoms with E-state index in [1.54, 1.807) is 18.3 Å². The molecule has 0 saturated heterocycles. The number of aromatic hydroxyl groups is 1. The minimum atomic E-state index is -0.363. The maximum absolute atomic E-state index is 11.8. The van der Waals surface area contributed by atoms with Crippen molar-refractivity contribution in [1.82, 2.24) is 5.43 Å². The maximum atomic E-state index is 11.8. The third-order valence-corrected chi connectivity index (χ3v) is 3.26. The highest BCUT2D eigenvalue weighted by atomic mass is 16.3. The summed E-state index contributed by atoms with van der Waals surface area (Å²) in [5.74, 6) is -0.312. The minimum Gasteiger partial charge on any atom is -0.508 e. The Kier molecular flexibility index (Phi) is 4.61. The van der Waals surface area contributed by atoms with Gasteiger partial charge in [-0.05, 0) is 34.7 Å². The Labute approximate surface area is 130 Å². The smallest absolute Gasteiger partial charge is 0.271 e. The molecule has 0 aromatic heterocycles. The Balaban J connectivity index is 1.99. The molecule has 2 N–H and O–H groups in total. The van der Waals surface area contributed by atoms with Gasteiger partial charge in [-0.2, -0.15) is 5.10 Å². The predicted molar refractivity (Wildman–Crippen MR) is 88.3 cm³/mol. The van der Waals surface area contributed by atoms with Gasteiger partial charge in [0.05, 0.1) is 6.21 Å². The molecule has 22 heavy (non-hydrogen) atoms. The zero-order valence-corrected chi connectivity index (χ0v) is 13.0. The van der Waals surface area contributed by atoms with Crippen LogP contribution < -0.4 is 5.43 Å². The lowest BCUT2D eigenvalue weighted by molar-refractivity contribution is 0.0954. The molecular weight excluding hydrogens is 276 g/mol. The van der Waals surface area contributed by atoms with Crippen LogP contribution in [-0.2, 0) is 5.41 Å². The van der Waals surface area contributed by atoms with Gasteiger partial charge in [0.1, 0.15) is 5.75 Å². The number of hydrogen-bond donors (Lipinski definition) is 2. The fraction of sp³-hybridized carbons (Fsp3) is 0.222. The highest BCUT2D eigenvalue weighted by Crippen LogP contribution is 2.21. The van der Waals surface area contributed by atoms with Crippen molar-refractivity contribution in [2.24, 2.45) is 5.10 Å². The van der Waals surface area contributed by atoms with E-state index in [0.717, 1.165) is 5.56 Å². The largest absolute Gasteiger partial charge is 0.508 e. The lowest BCUT2D eigenvalue weighted by Crippen LogP contribution is -2.17. The standard InChI is InChI=1S/C18H20N2O2/c1-18(2,3)15-9-7-13(8-10-15)12-19-20-17(22)14-5-4-6-16(21)11-14/h4-12,21H,1-3H3,(H,20,22)/b19-12-. The lowest BCUT2D eigenvalue weighted by atomic mass is 9.87. The average molecular weight is 296 g/mol. The second-order valence-corrected chi connectivity index (χ2v) is 6.12. The fourth-order valence-electron chi connectivity index (χ4n) is 1.95. The summed E-state index contributed by atoms with van der Waals surface area (Å²) in [6, 6.07) is 14.2. The molecule has 0 bridgehead atoms. The summed E-state index contributed by atoms with van der Waals surface area (Å²) in [6.07, 6.45) is 1.59. The Morgan fingerprint density at radius 2 is 1.82 bits per heavy atom. The summed E-state index contributed by atoms with van der Waals surface area (Å²) >= 11 is 0. The van der Waals surface area contributed by atoms with Crippen molar-refractivity contribution < 1.29 is 9.90 Å². The molecule has 2 rings (SSSR count). The van der Waals surface area contributed by atoms with Crippen molar-refractivity contribution in [3.05, 3.63) is 65.2 Å². The molecule has 0 spiro atoms. The van der Waals surface area contributed by atoms with Gasteiger partial charge in [-0.25, -0.2) is 5.43 Å². The summed E-state index contributed by atoms with van der Waals surface area (Å²) in [6.45, 7) is 6.47. The van der Waals surface area contributed by atoms with Crippen molar-refractivity contribution in [2.75, 3.05) is 0 Å². The van der Waals surface area contributed by atoms with Crippen molar-refractivity contribution in [2.45, 2.75) is 26.2 Å². The van der Waals surface area contributed by atoms with Crippen LogP contribution in [0.5, 0.6) is 5.75 Å². The number of benzene rings is 2. The van der Waals surface area contributed by atoms with Crippen molar-refractivity contribution in [3.63, 3.8) is 0 Å². The summed E-state index contributed by atoms with van der Waals surface area (Å²) in [4.78, 5) is 11.8. The Morgan fingerprint density at radius 3 is 2.41 bits per heavy atom. The number of nitrogens with one attached hydrogen (secondary N) is 1. The van der Waals surface area contributed by atoms with E-state index in [2.05, 4.69) is 43.4 Å². The molecule has 0 unspecified atom stereocenters. The van der Waals surface area contributed by atoms with Gasteiger partial charge in [0.2, 0.25) is 0 Å². The first-order valence-corrected chi connectivity index (χ1v) is 7.09. The van der Waals surface area contributed by atoms with Gasteiger partial charge in [0, 0.05) is 5.56 Å². The van der Waals surface area contributed by atoms with E-state index >= 15 is 0 Å². The zero-order chi connectivity index (χ0) is 16.2. The molecule has 4 nitrogen and oxygen atoms in total. The first kappa shape index (κ1) is 15.8. The normalized spacial score (nSPS) is 11.6. The van der Waals surface area contributed by atoms with Crippen LogP contribution in [0.3, 0.4) is 0 Å². The van der Waals surface area contributed by atoms with E-state index in [-0.39, 0.29) is 17.1 Å². The molecule has 0 atom stereocenters. The molecule has 1 amide bonds. The summed E-state index contributed by atoms with van der Waals surface area (Å²) in [7, 11) is 0. The highest BCUT2D eigenvalue weighted by molar-refractivity contribution is 5.95. The molecule has 0 aliphatic rings. The third-order valence-electron chi connectivity index (χ3n) is 3.26. The van der Waals surface area contributed by atoms with E-state index in [1.165, 1.54) is 17.7 Å². The molecule has 0 radical (unpaired) electrons. The van der Waals surface area contributed by atoms with Gasteiger partial charge < -0.3 is 5.11 Å². The number of phenolic OH excluding ortho intramolecular Hbond substituents is 1. The average Bonchev–Trinajstić information content (AvgIpc) is 2.47. The number of hydrogen-bond acceptors (Lipinski definition) is 3. The maximum Gasteiger partial charge on any atom is 0.271 e. The Bertz CT molecular complexity index is 683. The topological polar surface area (TPSA) is 61.7 Å². The molecule has 0 aliphatic heterocycles. The van der Waals surface area contributed by atoms with Crippen LogP contribution in [0.2, 0.25) is 0 Å². The molecule has 0 saturated carbocycles. The van der Waals surface area contributed by atoms with E-state index < -0.39 is 0 Å². The lowest BCUT2D eigenvalue weighted by Gasteiger charge is -2.18. The molecule has 2 aromatic carbocycles. The van der Waals surface area contributed by atoms with Crippen LogP contribution in [0, 0.1) is 0 Å². The van der Waals surface area contributed by atoms with E-state index in [9.17, 15) is 9.90 Å². The van der Waals surface area contributed by atoms with E-state index in [1.807, 2.05) is 12.1 Å². The number of phenols is 1. The van der Waals surface area contributed by atoms with Crippen LogP contribution in [0.4, 0.5) is 0 Å². The third kappa shape index (κ3) is 4.19. The van der Waals surface area contributed by atoms with E-state index in [4.69, 9.17) is 0 Å². The summed E-state index contributed by atoms with van der Waals surface area (Å²) < 4.78 is 0. The van der Waals surface area contributed by atoms with Gasteiger partial charge in [-0.3, -0.25) is 4.79 Å². The van der Waals surface area contributed by atoms with Gasteiger partial charge in [0.25, 0.3) is 5.91 Å². The SMILES string of the molecule is CC(C)(C)c1ccc(/C=N\NC(=O)c2cccc(O)c2)cc1. The fourth-order valence-corrected chi connectivity index (χ4v) is 1.95. The van der Waals surface area contributed by atoms with Crippen molar-refractivity contribution in [1.29, 1.82) is 0 Å². The number of carbonyl (C=O) groups is 1. The van der Waals surface area contributed by atoms with Crippen LogP contribution >= 0.6 is 0 Å². The molecule has 0 aliphatic carbocycles. The number of amides is 1. The number of rotatable bonds is 3. The monoisotopic (exact) mass is 296 g/mol. The molecule has 2 aromatic rings. The number of nitrogens with zero attached hydrogens (tertiary/aromatic N) is 1. The van der Waals surface area contributed by atoms with Crippen LogP contribution in [0.25, 0.3) is 0 Å². The molecule has 0 heterocycles. The van der Waals surface area contributed by atoms with E-state index in [0.29, 0.717) is 5.56 Å². The zero-order valence-electron chi connectivity index (χ0n) is 13.0. The second kappa shape index (κ2) is 6.43.